The molecule has 0 N–H and O–H groups in total. The van der Waals surface area contributed by atoms with Gasteiger partial charge in [-0.15, -0.1) is 0 Å². The van der Waals surface area contributed by atoms with E-state index in [0.717, 1.165) is 11.5 Å². The third-order valence-corrected chi connectivity index (χ3v) is 6.02. The molecule has 1 saturated carbocycles. The molecule has 1 heterocycles. The van der Waals surface area contributed by atoms with E-state index in [-0.39, 0.29) is 7.05 Å². The van der Waals surface area contributed by atoms with Gasteiger partial charge in [0.1, 0.15) is 0 Å². The van der Waals surface area contributed by atoms with Crippen LogP contribution in [0, 0.1) is 19.8 Å². The minimum absolute atomic E-state index is 0.0295. The minimum Gasteiger partial charge on any atom is -0.419 e. The van der Waals surface area contributed by atoms with Gasteiger partial charge in [0.15, 0.2) is 0 Å². The van der Waals surface area contributed by atoms with Gasteiger partial charge in [-0.25, -0.2) is 0 Å². The van der Waals surface area contributed by atoms with Crippen LogP contribution in [0.1, 0.15) is 83.7 Å². The fraction of sp³-hybridized carbons (Fsp3) is 0.600. The summed E-state index contributed by atoms with van der Waals surface area (Å²) >= 11 is 0. The maximum Gasteiger partial charge on any atom is 0.416 e. The second-order valence-electron chi connectivity index (χ2n) is 8.53. The van der Waals surface area contributed by atoms with E-state index < -0.39 is 0 Å². The molecule has 2 rings (SSSR count). The number of nitrogens with zero attached hydrogens (tertiary/aromatic N) is 1. The summed E-state index contributed by atoms with van der Waals surface area (Å²) in [6.07, 6.45) is 9.56. The zero-order valence-electron chi connectivity index (χ0n) is 19.9. The number of allylic oxidation sites excluding steroid dienone is 5. The third kappa shape index (κ3) is 6.55. The van der Waals surface area contributed by atoms with Gasteiger partial charge in [0.05, 0.1) is 0 Å². The molecule has 2 nitrogen and oxygen atoms in total. The van der Waals surface area contributed by atoms with Crippen molar-refractivity contribution in [2.24, 2.45) is 5.92 Å². The Morgan fingerprint density at radius 1 is 1.25 bits per heavy atom. The highest BCUT2D eigenvalue weighted by atomic mass is 16.4. The summed E-state index contributed by atoms with van der Waals surface area (Å²) < 4.78 is 7.80. The normalized spacial score (nSPS) is 15.4. The summed E-state index contributed by atoms with van der Waals surface area (Å²) in [5, 5.41) is 0. The number of aromatic nitrogens is 1. The molecule has 0 aromatic carbocycles. The molecule has 28 heavy (non-hydrogen) atoms. The number of hydrogen-bond acceptors (Lipinski definition) is 1. The third-order valence-electron chi connectivity index (χ3n) is 6.02. The number of rotatable bonds is 7. The van der Waals surface area contributed by atoms with Crippen LogP contribution >= 0.6 is 0 Å². The van der Waals surface area contributed by atoms with Gasteiger partial charge >= 0.3 is 7.05 Å². The van der Waals surface area contributed by atoms with Crippen LogP contribution in [-0.4, -0.2) is 18.6 Å². The van der Waals surface area contributed by atoms with Gasteiger partial charge in [0.2, 0.25) is 0 Å². The second kappa shape index (κ2) is 11.5. The summed E-state index contributed by atoms with van der Waals surface area (Å²) in [5.41, 5.74) is 8.70. The van der Waals surface area contributed by atoms with Crippen LogP contribution < -0.4 is 0 Å². The van der Waals surface area contributed by atoms with E-state index in [9.17, 15) is 0 Å². The van der Waals surface area contributed by atoms with Gasteiger partial charge in [-0.05, 0) is 82.6 Å². The molecule has 0 unspecified atom stereocenters. The predicted octanol–water partition coefficient (Wildman–Crippen LogP) is 7.62. The fourth-order valence-electron chi connectivity index (χ4n) is 4.01. The second-order valence-corrected chi connectivity index (χ2v) is 8.53. The summed E-state index contributed by atoms with van der Waals surface area (Å²) in [4.78, 5) is 0. The molecule has 3 heteroatoms. The van der Waals surface area contributed by atoms with Crippen molar-refractivity contribution in [3.63, 3.8) is 0 Å². The van der Waals surface area contributed by atoms with E-state index in [1.807, 2.05) is 6.92 Å². The van der Waals surface area contributed by atoms with Gasteiger partial charge in [-0.3, -0.25) is 0 Å². The highest BCUT2D eigenvalue weighted by Gasteiger charge is 2.20. The molecule has 0 bridgehead atoms. The van der Waals surface area contributed by atoms with E-state index in [0.29, 0.717) is 0 Å². The molecule has 1 aromatic heterocycles. The molecule has 156 valence electrons. The van der Waals surface area contributed by atoms with Gasteiger partial charge < -0.3 is 9.13 Å². The smallest absolute Gasteiger partial charge is 0.416 e. The topological polar surface area (TPSA) is 14.2 Å². The van der Waals surface area contributed by atoms with Gasteiger partial charge in [-0.2, -0.15) is 0 Å². The summed E-state index contributed by atoms with van der Waals surface area (Å²) in [6.45, 7) is 21.1. The molecule has 1 fully saturated rings. The lowest BCUT2D eigenvalue weighted by atomic mass is 9.82. The quantitative estimate of drug-likeness (QED) is 0.349. The Hall–Kier alpha value is -1.48. The van der Waals surface area contributed by atoms with Crippen molar-refractivity contribution in [1.29, 1.82) is 0 Å². The molecule has 0 spiro atoms. The molecule has 1 aliphatic rings. The van der Waals surface area contributed by atoms with E-state index in [1.54, 1.807) is 7.11 Å². The van der Waals surface area contributed by atoms with Crippen molar-refractivity contribution in [3.05, 3.63) is 52.4 Å². The van der Waals surface area contributed by atoms with Gasteiger partial charge in [0, 0.05) is 18.5 Å². The van der Waals surface area contributed by atoms with E-state index in [1.165, 1.54) is 65.8 Å². The maximum atomic E-state index is 5.54. The molecule has 1 aromatic rings. The summed E-state index contributed by atoms with van der Waals surface area (Å²) in [5.74, 6) is 1.13. The molecular weight excluding hydrogens is 341 g/mol. The lowest BCUT2D eigenvalue weighted by Gasteiger charge is -2.24. The standard InChI is InChI=1S/C18H28BNO.C7H14/c1-12(2)10-13(3)16(6)17(7)18-14(4)11-15(5)20(18)19(8)21-9;1-2-4-7-5-3-6-7/h10-11H,1H2,2-9H3;7H,2-6H2,1H3/b13-10-,17-16+;. The zero-order chi connectivity index (χ0) is 21.4. The van der Waals surface area contributed by atoms with Crippen LogP contribution in [0.15, 0.2) is 35.4 Å². The molecule has 0 amide bonds. The SMILES string of the molecule is C=C(C)/C=C(C)\C(C)=C(/C)c1c(C)cc(C)n1B(C)OC.CCCC1CCC1. The Balaban J connectivity index is 0.000000467. The van der Waals surface area contributed by atoms with Crippen LogP contribution in [0.25, 0.3) is 5.57 Å². The predicted molar refractivity (Wildman–Crippen MR) is 127 cm³/mol. The Morgan fingerprint density at radius 2 is 1.86 bits per heavy atom. The first-order valence-electron chi connectivity index (χ1n) is 10.9. The van der Waals surface area contributed by atoms with E-state index in [2.05, 4.69) is 71.6 Å². The Bertz CT molecular complexity index is 719. The highest BCUT2D eigenvalue weighted by molar-refractivity contribution is 6.49. The molecule has 0 saturated heterocycles. The lowest BCUT2D eigenvalue weighted by molar-refractivity contribution is 0.294. The van der Waals surface area contributed by atoms with Crippen LogP contribution in [0.5, 0.6) is 0 Å². The first kappa shape index (κ1) is 24.6. The fourth-order valence-corrected chi connectivity index (χ4v) is 4.01. The first-order chi connectivity index (χ1) is 13.1. The van der Waals surface area contributed by atoms with Crippen LogP contribution in [0.4, 0.5) is 0 Å². The lowest BCUT2D eigenvalue weighted by Crippen LogP contribution is -2.26. The van der Waals surface area contributed by atoms with Crippen LogP contribution in [-0.2, 0) is 4.65 Å². The van der Waals surface area contributed by atoms with Gasteiger partial charge in [-0.1, -0.05) is 57.3 Å². The molecule has 0 aliphatic heterocycles. The molecule has 0 radical (unpaired) electrons. The van der Waals surface area contributed by atoms with Crippen LogP contribution in [0.2, 0.25) is 6.82 Å². The molecular formula is C25H42BNO. The maximum absolute atomic E-state index is 5.54. The van der Waals surface area contributed by atoms with Crippen molar-refractivity contribution >= 4 is 12.6 Å². The summed E-state index contributed by atoms with van der Waals surface area (Å²) in [7, 11) is 1.78. The molecule has 1 aliphatic carbocycles. The Labute approximate surface area is 174 Å². The van der Waals surface area contributed by atoms with E-state index >= 15 is 0 Å². The van der Waals surface area contributed by atoms with Crippen molar-refractivity contribution in [3.8, 4) is 0 Å². The zero-order valence-corrected chi connectivity index (χ0v) is 19.9. The highest BCUT2D eigenvalue weighted by Crippen LogP contribution is 2.30. The van der Waals surface area contributed by atoms with Crippen molar-refractivity contribution in [2.45, 2.75) is 87.4 Å². The number of hydrogen-bond donors (Lipinski definition) is 0. The van der Waals surface area contributed by atoms with Crippen molar-refractivity contribution in [2.75, 3.05) is 7.11 Å². The molecule has 0 atom stereocenters. The number of aryl methyl sites for hydroxylation is 2. The van der Waals surface area contributed by atoms with Gasteiger partial charge in [0.25, 0.3) is 0 Å². The average molecular weight is 383 g/mol. The summed E-state index contributed by atoms with van der Waals surface area (Å²) in [6, 6.07) is 2.22. The van der Waals surface area contributed by atoms with Crippen LogP contribution in [0.3, 0.4) is 0 Å². The largest absolute Gasteiger partial charge is 0.419 e. The Morgan fingerprint density at radius 3 is 2.25 bits per heavy atom. The average Bonchev–Trinajstić information content (AvgIpc) is 2.90. The first-order valence-corrected chi connectivity index (χ1v) is 10.9. The van der Waals surface area contributed by atoms with Crippen molar-refractivity contribution < 1.29 is 4.65 Å². The monoisotopic (exact) mass is 383 g/mol. The minimum atomic E-state index is 0.0295. The van der Waals surface area contributed by atoms with E-state index in [4.69, 9.17) is 4.65 Å². The van der Waals surface area contributed by atoms with Crippen molar-refractivity contribution in [1.82, 2.24) is 4.48 Å². The Kier molecular flexibility index (Phi) is 10.1.